The lowest BCUT2D eigenvalue weighted by atomic mass is 10.2. The molecule has 0 spiro atoms. The number of rotatable bonds is 4. The fraction of sp³-hybridized carbons (Fsp3) is 0.286. The average molecular weight is 386 g/mol. The number of benzene rings is 2. The molecule has 136 valence electrons. The first-order valence-corrected chi connectivity index (χ1v) is 9.67. The van der Waals surface area contributed by atoms with Gasteiger partial charge in [0.25, 0.3) is 0 Å². The molecular weight excluding hydrogens is 362 g/mol. The molecule has 1 N–H and O–H groups in total. The summed E-state index contributed by atoms with van der Waals surface area (Å²) in [6.07, 6.45) is 4.41. The fourth-order valence-electron chi connectivity index (χ4n) is 2.97. The molecule has 3 nitrogen and oxygen atoms in total. The summed E-state index contributed by atoms with van der Waals surface area (Å²) in [4.78, 5) is 4.68. The van der Waals surface area contributed by atoms with Crippen LogP contribution < -0.4 is 5.32 Å². The average Bonchev–Trinajstić information content (AvgIpc) is 2.67. The van der Waals surface area contributed by atoms with Crippen molar-refractivity contribution in [1.82, 2.24) is 9.80 Å². The van der Waals surface area contributed by atoms with Gasteiger partial charge in [-0.2, -0.15) is 0 Å². The number of nitrogens with one attached hydrogen (secondary N) is 1. The van der Waals surface area contributed by atoms with Crippen LogP contribution in [0.15, 0.2) is 54.6 Å². The molecule has 0 bridgehead atoms. The van der Waals surface area contributed by atoms with Crippen LogP contribution in [0.1, 0.15) is 11.1 Å². The molecule has 0 aliphatic carbocycles. The maximum atomic E-state index is 6.18. The summed E-state index contributed by atoms with van der Waals surface area (Å²) in [5.41, 5.74) is 3.25. The monoisotopic (exact) mass is 385 g/mol. The largest absolute Gasteiger partial charge is 0.346 e. The van der Waals surface area contributed by atoms with Gasteiger partial charge in [0, 0.05) is 43.4 Å². The summed E-state index contributed by atoms with van der Waals surface area (Å²) in [5.74, 6) is 0. The molecule has 0 saturated carbocycles. The minimum atomic E-state index is 0.757. The van der Waals surface area contributed by atoms with Gasteiger partial charge in [-0.25, -0.2) is 0 Å². The summed E-state index contributed by atoms with van der Waals surface area (Å²) < 4.78 is 0. The molecule has 2 aromatic rings. The fourth-order valence-corrected chi connectivity index (χ4v) is 3.44. The van der Waals surface area contributed by atoms with E-state index < -0.39 is 0 Å². The molecule has 2 aromatic carbocycles. The number of hydrogen-bond acceptors (Lipinski definition) is 2. The smallest absolute Gasteiger partial charge is 0.173 e. The second kappa shape index (κ2) is 9.17. The summed E-state index contributed by atoms with van der Waals surface area (Å²) in [7, 11) is 0. The maximum absolute atomic E-state index is 6.18. The van der Waals surface area contributed by atoms with Gasteiger partial charge >= 0.3 is 0 Å². The summed E-state index contributed by atoms with van der Waals surface area (Å²) >= 11 is 11.8. The minimum Gasteiger partial charge on any atom is -0.346 e. The quantitative estimate of drug-likeness (QED) is 0.770. The van der Waals surface area contributed by atoms with Gasteiger partial charge < -0.3 is 10.2 Å². The van der Waals surface area contributed by atoms with Crippen LogP contribution >= 0.6 is 23.8 Å². The van der Waals surface area contributed by atoms with Gasteiger partial charge in [0.05, 0.1) is 0 Å². The second-order valence-corrected chi connectivity index (χ2v) is 7.24. The zero-order chi connectivity index (χ0) is 18.4. The molecule has 1 saturated heterocycles. The van der Waals surface area contributed by atoms with Crippen LogP contribution in [0.5, 0.6) is 0 Å². The molecule has 0 aromatic heterocycles. The SMILES string of the molecule is Cc1c(Cl)cccc1NC(=S)N1CCN(C/C=C/c2ccccc2)CC1. The van der Waals surface area contributed by atoms with E-state index >= 15 is 0 Å². The Morgan fingerprint density at radius 2 is 1.81 bits per heavy atom. The molecule has 1 aliphatic heterocycles. The van der Waals surface area contributed by atoms with Crippen molar-refractivity contribution in [2.45, 2.75) is 6.92 Å². The highest BCUT2D eigenvalue weighted by atomic mass is 35.5. The van der Waals surface area contributed by atoms with Crippen molar-refractivity contribution in [2.24, 2.45) is 0 Å². The second-order valence-electron chi connectivity index (χ2n) is 6.44. The van der Waals surface area contributed by atoms with Crippen molar-refractivity contribution in [1.29, 1.82) is 0 Å². The maximum Gasteiger partial charge on any atom is 0.173 e. The third kappa shape index (κ3) is 5.07. The Kier molecular flexibility index (Phi) is 6.67. The normalized spacial score (nSPS) is 15.4. The van der Waals surface area contributed by atoms with E-state index in [0.29, 0.717) is 0 Å². The number of hydrogen-bond donors (Lipinski definition) is 1. The van der Waals surface area contributed by atoms with Crippen LogP contribution in [-0.4, -0.2) is 47.6 Å². The van der Waals surface area contributed by atoms with Crippen molar-refractivity contribution in [3.63, 3.8) is 0 Å². The van der Waals surface area contributed by atoms with Crippen molar-refractivity contribution in [3.05, 3.63) is 70.8 Å². The van der Waals surface area contributed by atoms with E-state index in [1.54, 1.807) is 0 Å². The Morgan fingerprint density at radius 1 is 1.08 bits per heavy atom. The number of halogens is 1. The van der Waals surface area contributed by atoms with E-state index in [1.807, 2.05) is 31.2 Å². The van der Waals surface area contributed by atoms with Gasteiger partial charge in [-0.1, -0.05) is 60.2 Å². The molecule has 5 heteroatoms. The van der Waals surface area contributed by atoms with Crippen molar-refractivity contribution < 1.29 is 0 Å². The van der Waals surface area contributed by atoms with E-state index in [0.717, 1.165) is 54.1 Å². The molecule has 0 atom stereocenters. The van der Waals surface area contributed by atoms with Gasteiger partial charge in [-0.05, 0) is 42.4 Å². The third-order valence-electron chi connectivity index (χ3n) is 4.64. The van der Waals surface area contributed by atoms with Crippen molar-refractivity contribution in [3.8, 4) is 0 Å². The zero-order valence-corrected chi connectivity index (χ0v) is 16.6. The molecule has 26 heavy (non-hydrogen) atoms. The van der Waals surface area contributed by atoms with Gasteiger partial charge in [-0.3, -0.25) is 4.90 Å². The van der Waals surface area contributed by atoms with Crippen molar-refractivity contribution >= 4 is 40.7 Å². The predicted octanol–water partition coefficient (Wildman–Crippen LogP) is 4.68. The third-order valence-corrected chi connectivity index (χ3v) is 5.41. The molecule has 1 aliphatic rings. The highest BCUT2D eigenvalue weighted by Crippen LogP contribution is 2.23. The number of thiocarbonyl (C=S) groups is 1. The Labute approximate surface area is 166 Å². The van der Waals surface area contributed by atoms with Crippen LogP contribution in [0.25, 0.3) is 6.08 Å². The molecule has 1 heterocycles. The lowest BCUT2D eigenvalue weighted by Gasteiger charge is -2.35. The highest BCUT2D eigenvalue weighted by molar-refractivity contribution is 7.80. The van der Waals surface area contributed by atoms with Crippen LogP contribution in [0.3, 0.4) is 0 Å². The molecule has 0 amide bonds. The van der Waals surface area contributed by atoms with Gasteiger partial charge in [-0.15, -0.1) is 0 Å². The lowest BCUT2D eigenvalue weighted by molar-refractivity contribution is 0.200. The van der Waals surface area contributed by atoms with Gasteiger partial charge in [0.1, 0.15) is 0 Å². The summed E-state index contributed by atoms with van der Waals surface area (Å²) in [6.45, 7) is 6.86. The van der Waals surface area contributed by atoms with Crippen molar-refractivity contribution in [2.75, 3.05) is 38.0 Å². The minimum absolute atomic E-state index is 0.757. The Hall–Kier alpha value is -1.88. The van der Waals surface area contributed by atoms with Gasteiger partial charge in [0.2, 0.25) is 0 Å². The van der Waals surface area contributed by atoms with Crippen LogP contribution in [-0.2, 0) is 0 Å². The summed E-state index contributed by atoms with van der Waals surface area (Å²) in [5, 5.41) is 4.87. The Morgan fingerprint density at radius 3 is 2.54 bits per heavy atom. The molecule has 1 fully saturated rings. The first-order valence-electron chi connectivity index (χ1n) is 8.88. The van der Waals surface area contributed by atoms with Gasteiger partial charge in [0.15, 0.2) is 5.11 Å². The lowest BCUT2D eigenvalue weighted by Crippen LogP contribution is -2.49. The Balaban J connectivity index is 1.46. The highest BCUT2D eigenvalue weighted by Gasteiger charge is 2.18. The van der Waals surface area contributed by atoms with E-state index in [9.17, 15) is 0 Å². The first-order chi connectivity index (χ1) is 12.6. The van der Waals surface area contributed by atoms with Crippen LogP contribution in [0.4, 0.5) is 5.69 Å². The van der Waals surface area contributed by atoms with E-state index in [-0.39, 0.29) is 0 Å². The molecule has 0 radical (unpaired) electrons. The zero-order valence-electron chi connectivity index (χ0n) is 15.0. The topological polar surface area (TPSA) is 18.5 Å². The van der Waals surface area contributed by atoms with E-state index in [1.165, 1.54) is 5.56 Å². The number of nitrogens with zero attached hydrogens (tertiary/aromatic N) is 2. The number of anilines is 1. The Bertz CT molecular complexity index is 768. The molecule has 3 rings (SSSR count). The standard InChI is InChI=1S/C21H24ClN3S/c1-17-19(22)10-5-11-20(17)23-21(26)25-15-13-24(14-16-25)12-6-9-18-7-3-2-4-8-18/h2-11H,12-16H2,1H3,(H,23,26)/b9-6+. The summed E-state index contributed by atoms with van der Waals surface area (Å²) in [6, 6.07) is 16.3. The van der Waals surface area contributed by atoms with E-state index in [4.69, 9.17) is 23.8 Å². The van der Waals surface area contributed by atoms with Crippen LogP contribution in [0, 0.1) is 6.92 Å². The first kappa shape index (κ1) is 18.9. The van der Waals surface area contributed by atoms with Crippen LogP contribution in [0.2, 0.25) is 5.02 Å². The predicted molar refractivity (Wildman–Crippen MR) is 116 cm³/mol. The molecular formula is C21H24ClN3S. The molecule has 0 unspecified atom stereocenters. The van der Waals surface area contributed by atoms with E-state index in [2.05, 4.69) is 51.5 Å². The number of piperazine rings is 1.